The molecule has 18 heavy (non-hydrogen) atoms. The number of nitrogens with zero attached hydrogens (tertiary/aromatic N) is 1. The Labute approximate surface area is 109 Å². The van der Waals surface area contributed by atoms with E-state index >= 15 is 0 Å². The van der Waals surface area contributed by atoms with Crippen molar-refractivity contribution in [2.45, 2.75) is 26.0 Å². The third-order valence-corrected chi connectivity index (χ3v) is 6.90. The molecule has 0 aromatic heterocycles. The van der Waals surface area contributed by atoms with Gasteiger partial charge in [-0.05, 0) is 24.7 Å². The van der Waals surface area contributed by atoms with Crippen LogP contribution in [-0.2, 0) is 19.6 Å². The molecule has 0 aromatic carbocycles. The van der Waals surface area contributed by atoms with Gasteiger partial charge in [0.15, 0.2) is 0 Å². The van der Waals surface area contributed by atoms with Gasteiger partial charge >= 0.3 is 5.97 Å². The molecule has 0 aromatic rings. The molecule has 0 N–H and O–H groups in total. The highest BCUT2D eigenvalue weighted by atomic mass is 32.2. The van der Waals surface area contributed by atoms with E-state index in [0.29, 0.717) is 13.1 Å². The second kappa shape index (κ2) is 4.49. The highest BCUT2D eigenvalue weighted by molar-refractivity contribution is 7.89. The van der Waals surface area contributed by atoms with Crippen molar-refractivity contribution in [2.75, 3.05) is 20.2 Å². The molecule has 2 aliphatic rings. The maximum atomic E-state index is 12.3. The second-order valence-electron chi connectivity index (χ2n) is 5.69. The van der Waals surface area contributed by atoms with Crippen LogP contribution in [0.4, 0.5) is 0 Å². The molecule has 2 fully saturated rings. The van der Waals surface area contributed by atoms with E-state index in [-0.39, 0.29) is 34.9 Å². The fourth-order valence-corrected chi connectivity index (χ4v) is 4.68. The topological polar surface area (TPSA) is 63.7 Å². The largest absolute Gasteiger partial charge is 0.469 e. The quantitative estimate of drug-likeness (QED) is 0.709. The van der Waals surface area contributed by atoms with Gasteiger partial charge in [0, 0.05) is 13.1 Å². The van der Waals surface area contributed by atoms with Crippen LogP contribution in [-0.4, -0.2) is 44.1 Å². The molecule has 0 amide bonds. The summed E-state index contributed by atoms with van der Waals surface area (Å²) in [7, 11) is -1.83. The lowest BCUT2D eigenvalue weighted by Gasteiger charge is -2.25. The molecular weight excluding hydrogens is 254 g/mol. The van der Waals surface area contributed by atoms with Gasteiger partial charge in [0.25, 0.3) is 0 Å². The van der Waals surface area contributed by atoms with Gasteiger partial charge in [-0.3, -0.25) is 4.79 Å². The van der Waals surface area contributed by atoms with E-state index in [1.807, 2.05) is 13.8 Å². The third kappa shape index (κ3) is 2.05. The Morgan fingerprint density at radius 1 is 1.22 bits per heavy atom. The number of fused-ring (bicyclic) bond motifs is 1. The molecule has 4 atom stereocenters. The highest BCUT2D eigenvalue weighted by Crippen LogP contribution is 2.53. The number of esters is 1. The van der Waals surface area contributed by atoms with Crippen LogP contribution in [0.1, 0.15) is 20.8 Å². The van der Waals surface area contributed by atoms with Crippen molar-refractivity contribution in [3.8, 4) is 0 Å². The van der Waals surface area contributed by atoms with Gasteiger partial charge in [0.05, 0.1) is 18.3 Å². The summed E-state index contributed by atoms with van der Waals surface area (Å²) >= 11 is 0. The summed E-state index contributed by atoms with van der Waals surface area (Å²) in [5.41, 5.74) is 0. The number of rotatable bonds is 4. The summed E-state index contributed by atoms with van der Waals surface area (Å²) in [6.45, 7) is 6.53. The lowest BCUT2D eigenvalue weighted by molar-refractivity contribution is -0.143. The van der Waals surface area contributed by atoms with Gasteiger partial charge in [-0.15, -0.1) is 0 Å². The molecule has 0 radical (unpaired) electrons. The Bertz CT molecular complexity index is 433. The number of piperidine rings is 1. The summed E-state index contributed by atoms with van der Waals surface area (Å²) in [5, 5.41) is -0.369. The highest BCUT2D eigenvalue weighted by Gasteiger charge is 2.62. The van der Waals surface area contributed by atoms with Crippen LogP contribution in [0.5, 0.6) is 0 Å². The van der Waals surface area contributed by atoms with E-state index in [1.165, 1.54) is 7.11 Å². The molecule has 104 valence electrons. The summed E-state index contributed by atoms with van der Waals surface area (Å²) in [4.78, 5) is 11.4. The number of ether oxygens (including phenoxy) is 1. The first-order chi connectivity index (χ1) is 8.30. The average molecular weight is 275 g/mol. The van der Waals surface area contributed by atoms with Crippen LogP contribution in [0.3, 0.4) is 0 Å². The third-order valence-electron chi connectivity index (χ3n) is 4.40. The molecule has 1 saturated heterocycles. The van der Waals surface area contributed by atoms with Crippen LogP contribution >= 0.6 is 0 Å². The SMILES string of the molecule is COC(=O)C1[C@H]2CN(S(=O)(=O)[C@@H](C)C(C)C)C[C@@H]12. The Morgan fingerprint density at radius 2 is 1.72 bits per heavy atom. The van der Waals surface area contributed by atoms with Crippen molar-refractivity contribution < 1.29 is 17.9 Å². The minimum Gasteiger partial charge on any atom is -0.469 e. The molecule has 2 rings (SSSR count). The Kier molecular flexibility index (Phi) is 3.44. The average Bonchev–Trinajstić information content (AvgIpc) is 2.80. The predicted molar refractivity (Wildman–Crippen MR) is 67.3 cm³/mol. The van der Waals surface area contributed by atoms with Gasteiger partial charge in [0.1, 0.15) is 0 Å². The predicted octanol–water partition coefficient (Wildman–Crippen LogP) is 0.711. The van der Waals surface area contributed by atoms with Gasteiger partial charge in [-0.2, -0.15) is 0 Å². The van der Waals surface area contributed by atoms with Crippen molar-refractivity contribution >= 4 is 16.0 Å². The first-order valence-electron chi connectivity index (χ1n) is 6.37. The van der Waals surface area contributed by atoms with Gasteiger partial charge in [0.2, 0.25) is 10.0 Å². The number of hydrogen-bond donors (Lipinski definition) is 0. The summed E-state index contributed by atoms with van der Waals surface area (Å²) in [5.74, 6) is 0.177. The number of carbonyl (C=O) groups excluding carboxylic acids is 1. The summed E-state index contributed by atoms with van der Waals surface area (Å²) in [6.07, 6.45) is 0. The molecule has 0 spiro atoms. The van der Waals surface area contributed by atoms with Crippen molar-refractivity contribution in [2.24, 2.45) is 23.7 Å². The molecule has 1 heterocycles. The molecule has 1 aliphatic heterocycles. The first kappa shape index (κ1) is 13.8. The van der Waals surface area contributed by atoms with E-state index < -0.39 is 10.0 Å². The monoisotopic (exact) mass is 275 g/mol. The van der Waals surface area contributed by atoms with Crippen molar-refractivity contribution in [1.82, 2.24) is 4.31 Å². The Hall–Kier alpha value is -0.620. The van der Waals surface area contributed by atoms with Crippen molar-refractivity contribution in [1.29, 1.82) is 0 Å². The first-order valence-corrected chi connectivity index (χ1v) is 7.87. The molecule has 6 heteroatoms. The number of sulfonamides is 1. The zero-order chi connectivity index (χ0) is 13.7. The lowest BCUT2D eigenvalue weighted by atomic mass is 10.2. The number of carbonyl (C=O) groups is 1. The number of methoxy groups -OCH3 is 1. The standard InChI is InChI=1S/C12H21NO4S/c1-7(2)8(3)18(15,16)13-5-9-10(6-13)11(9)12(14)17-4/h7-11H,5-6H2,1-4H3/t8-,9-,10+,11?/m0/s1. The van der Waals surface area contributed by atoms with E-state index in [2.05, 4.69) is 0 Å². The lowest BCUT2D eigenvalue weighted by Crippen LogP contribution is -2.40. The zero-order valence-electron chi connectivity index (χ0n) is 11.3. The van der Waals surface area contributed by atoms with Crippen molar-refractivity contribution in [3.05, 3.63) is 0 Å². The van der Waals surface area contributed by atoms with E-state index in [9.17, 15) is 13.2 Å². The minimum absolute atomic E-state index is 0.0733. The van der Waals surface area contributed by atoms with Crippen molar-refractivity contribution in [3.63, 3.8) is 0 Å². The van der Waals surface area contributed by atoms with Crippen LogP contribution in [0, 0.1) is 23.7 Å². The van der Waals surface area contributed by atoms with E-state index in [4.69, 9.17) is 4.74 Å². The Morgan fingerprint density at radius 3 is 2.11 bits per heavy atom. The van der Waals surface area contributed by atoms with Crippen LogP contribution in [0.25, 0.3) is 0 Å². The van der Waals surface area contributed by atoms with Gasteiger partial charge < -0.3 is 4.74 Å². The Balaban J connectivity index is 2.00. The summed E-state index contributed by atoms with van der Waals surface area (Å²) < 4.78 is 30.9. The molecule has 1 saturated carbocycles. The minimum atomic E-state index is -3.22. The van der Waals surface area contributed by atoms with Crippen LogP contribution in [0.2, 0.25) is 0 Å². The molecule has 1 unspecified atom stereocenters. The number of hydrogen-bond acceptors (Lipinski definition) is 4. The smallest absolute Gasteiger partial charge is 0.309 e. The summed E-state index contributed by atoms with van der Waals surface area (Å²) in [6, 6.07) is 0. The van der Waals surface area contributed by atoms with Gasteiger partial charge in [-0.25, -0.2) is 12.7 Å². The second-order valence-corrected chi connectivity index (χ2v) is 7.98. The molecular formula is C12H21NO4S. The zero-order valence-corrected chi connectivity index (χ0v) is 12.1. The molecule has 5 nitrogen and oxygen atoms in total. The van der Waals surface area contributed by atoms with E-state index in [1.54, 1.807) is 11.2 Å². The fraction of sp³-hybridized carbons (Fsp3) is 0.917. The van der Waals surface area contributed by atoms with Crippen LogP contribution < -0.4 is 0 Å². The van der Waals surface area contributed by atoms with Crippen LogP contribution in [0.15, 0.2) is 0 Å². The van der Waals surface area contributed by atoms with Gasteiger partial charge in [-0.1, -0.05) is 13.8 Å². The fourth-order valence-electron chi connectivity index (χ4n) is 2.76. The maximum Gasteiger partial charge on any atom is 0.309 e. The molecule has 0 bridgehead atoms. The van der Waals surface area contributed by atoms with E-state index in [0.717, 1.165) is 0 Å². The normalized spacial score (nSPS) is 33.3. The molecule has 1 aliphatic carbocycles. The maximum absolute atomic E-state index is 12.3.